The molecule has 1 saturated carbocycles. The van der Waals surface area contributed by atoms with Crippen molar-refractivity contribution < 1.29 is 28.5 Å². The fourth-order valence-corrected chi connectivity index (χ4v) is 6.12. The number of nitrogens with zero attached hydrogens (tertiary/aromatic N) is 2. The summed E-state index contributed by atoms with van der Waals surface area (Å²) in [5.41, 5.74) is 3.01. The van der Waals surface area contributed by atoms with Crippen molar-refractivity contribution >= 4 is 11.8 Å². The standard InChI is InChI=1S/C33H48N2O6/c1-33(2,41-32(36)34(3)4)22-24-8-14-30(28(20-24)26-10-12-27(38-6)13-11-26)40-23-25-9-15-31-29(21-25)35(17-19-39-31)16-7-18-37-5/h9-13,15,21,24,28,30H,7-8,14,16-20,22-23H2,1-6H3/t24-,28-,30+/m1/s1. The van der Waals surface area contributed by atoms with Crippen LogP contribution in [0.1, 0.15) is 63.0 Å². The van der Waals surface area contributed by atoms with E-state index in [1.807, 2.05) is 26.0 Å². The van der Waals surface area contributed by atoms with Crippen molar-refractivity contribution in [1.29, 1.82) is 0 Å². The summed E-state index contributed by atoms with van der Waals surface area (Å²) in [5.74, 6) is 2.45. The van der Waals surface area contributed by atoms with E-state index >= 15 is 0 Å². The van der Waals surface area contributed by atoms with Gasteiger partial charge in [0.05, 0.1) is 32.1 Å². The molecular formula is C33H48N2O6. The minimum Gasteiger partial charge on any atom is -0.497 e. The van der Waals surface area contributed by atoms with Crippen LogP contribution in [0.5, 0.6) is 11.5 Å². The van der Waals surface area contributed by atoms with Gasteiger partial charge >= 0.3 is 6.09 Å². The van der Waals surface area contributed by atoms with E-state index in [0.29, 0.717) is 19.1 Å². The van der Waals surface area contributed by atoms with E-state index in [4.69, 9.17) is 23.7 Å². The van der Waals surface area contributed by atoms with Gasteiger partial charge in [-0.15, -0.1) is 0 Å². The zero-order chi connectivity index (χ0) is 29.4. The zero-order valence-electron chi connectivity index (χ0n) is 25.7. The van der Waals surface area contributed by atoms with Gasteiger partial charge in [0.15, 0.2) is 0 Å². The molecule has 8 nitrogen and oxygen atoms in total. The van der Waals surface area contributed by atoms with Crippen LogP contribution >= 0.6 is 0 Å². The lowest BCUT2D eigenvalue weighted by molar-refractivity contribution is -0.0301. The number of fused-ring (bicyclic) bond motifs is 1. The summed E-state index contributed by atoms with van der Waals surface area (Å²) in [4.78, 5) is 16.1. The zero-order valence-corrected chi connectivity index (χ0v) is 25.7. The van der Waals surface area contributed by atoms with Gasteiger partial charge in [-0.05, 0) is 87.3 Å². The van der Waals surface area contributed by atoms with Gasteiger partial charge in [-0.1, -0.05) is 18.2 Å². The molecule has 2 aromatic rings. The molecule has 2 aliphatic rings. The van der Waals surface area contributed by atoms with Crippen LogP contribution in [0.3, 0.4) is 0 Å². The van der Waals surface area contributed by atoms with Crippen molar-refractivity contribution in [2.24, 2.45) is 5.92 Å². The Morgan fingerprint density at radius 2 is 1.88 bits per heavy atom. The first-order valence-electron chi connectivity index (χ1n) is 14.8. The smallest absolute Gasteiger partial charge is 0.409 e. The fraction of sp³-hybridized carbons (Fsp3) is 0.606. The Bertz CT molecular complexity index is 1120. The second-order valence-electron chi connectivity index (χ2n) is 12.1. The molecule has 0 radical (unpaired) electrons. The topological polar surface area (TPSA) is 69.7 Å². The highest BCUT2D eigenvalue weighted by Gasteiger charge is 2.36. The molecule has 0 saturated heterocycles. The number of carbonyl (C=O) groups is 1. The molecule has 0 aromatic heterocycles. The second kappa shape index (κ2) is 14.3. The van der Waals surface area contributed by atoms with E-state index in [9.17, 15) is 4.79 Å². The number of ether oxygens (including phenoxy) is 5. The average Bonchev–Trinajstić information content (AvgIpc) is 2.96. The Labute approximate surface area is 245 Å². The third kappa shape index (κ3) is 8.52. The predicted octanol–water partition coefficient (Wildman–Crippen LogP) is 6.27. The van der Waals surface area contributed by atoms with Gasteiger partial charge in [0.25, 0.3) is 0 Å². The van der Waals surface area contributed by atoms with Crippen LogP contribution in [0.4, 0.5) is 10.5 Å². The van der Waals surface area contributed by atoms with Crippen molar-refractivity contribution in [2.75, 3.05) is 59.5 Å². The minimum absolute atomic E-state index is 0.0946. The number of anilines is 1. The second-order valence-corrected chi connectivity index (χ2v) is 12.1. The third-order valence-corrected chi connectivity index (χ3v) is 8.17. The van der Waals surface area contributed by atoms with Gasteiger partial charge in [-0.2, -0.15) is 0 Å². The number of rotatable bonds is 12. The molecule has 8 heteroatoms. The monoisotopic (exact) mass is 568 g/mol. The van der Waals surface area contributed by atoms with Crippen molar-refractivity contribution in [3.8, 4) is 11.5 Å². The van der Waals surface area contributed by atoms with E-state index in [1.54, 1.807) is 28.3 Å². The summed E-state index contributed by atoms with van der Waals surface area (Å²) < 4.78 is 29.1. The molecule has 3 atom stereocenters. The van der Waals surface area contributed by atoms with Gasteiger partial charge in [-0.3, -0.25) is 0 Å². The lowest BCUT2D eigenvalue weighted by Gasteiger charge is -2.39. The molecule has 1 aliphatic heterocycles. The maximum atomic E-state index is 12.2. The SMILES string of the molecule is COCCCN1CCOc2ccc(CO[C@H]3CC[C@@H](CC(C)(C)OC(=O)N(C)C)C[C@@H]3c3ccc(OC)cc3)cc21. The van der Waals surface area contributed by atoms with Gasteiger partial charge < -0.3 is 33.5 Å². The number of amides is 1. The first-order chi connectivity index (χ1) is 19.7. The summed E-state index contributed by atoms with van der Waals surface area (Å²) in [5, 5.41) is 0. The van der Waals surface area contributed by atoms with Gasteiger partial charge in [0.1, 0.15) is 23.7 Å². The lowest BCUT2D eigenvalue weighted by atomic mass is 9.73. The predicted molar refractivity (Wildman–Crippen MR) is 161 cm³/mol. The Hall–Kier alpha value is -2.97. The summed E-state index contributed by atoms with van der Waals surface area (Å²) in [6.07, 6.45) is 4.56. The largest absolute Gasteiger partial charge is 0.497 e. The molecule has 2 aromatic carbocycles. The summed E-state index contributed by atoms with van der Waals surface area (Å²) in [6.45, 7) is 7.85. The molecule has 4 rings (SSSR count). The highest BCUT2D eigenvalue weighted by atomic mass is 16.6. The van der Waals surface area contributed by atoms with Crippen molar-refractivity contribution in [2.45, 2.75) is 70.2 Å². The molecule has 0 N–H and O–H groups in total. The van der Waals surface area contributed by atoms with E-state index in [1.165, 1.54) is 10.5 Å². The molecule has 1 fully saturated rings. The summed E-state index contributed by atoms with van der Waals surface area (Å²) in [7, 11) is 6.87. The number of carbonyl (C=O) groups excluding carboxylic acids is 1. The normalized spacial score (nSPS) is 20.6. The maximum Gasteiger partial charge on any atom is 0.409 e. The van der Waals surface area contributed by atoms with Crippen LogP contribution in [0.25, 0.3) is 0 Å². The molecular weight excluding hydrogens is 520 g/mol. The van der Waals surface area contributed by atoms with Crippen LogP contribution in [0.2, 0.25) is 0 Å². The molecule has 0 unspecified atom stereocenters. The third-order valence-electron chi connectivity index (χ3n) is 8.17. The Morgan fingerprint density at radius 3 is 2.59 bits per heavy atom. The number of hydrogen-bond donors (Lipinski definition) is 0. The molecule has 0 bridgehead atoms. The van der Waals surface area contributed by atoms with Gasteiger partial charge in [-0.25, -0.2) is 4.79 Å². The molecule has 41 heavy (non-hydrogen) atoms. The van der Waals surface area contributed by atoms with Gasteiger partial charge in [0.2, 0.25) is 0 Å². The summed E-state index contributed by atoms with van der Waals surface area (Å²) in [6, 6.07) is 14.8. The van der Waals surface area contributed by atoms with Crippen LogP contribution in [0, 0.1) is 5.92 Å². The first kappa shape index (κ1) is 31.0. The highest BCUT2D eigenvalue weighted by Crippen LogP contribution is 2.42. The summed E-state index contributed by atoms with van der Waals surface area (Å²) >= 11 is 0. The van der Waals surface area contributed by atoms with Crippen LogP contribution in [-0.4, -0.2) is 77.3 Å². The maximum absolute atomic E-state index is 12.2. The van der Waals surface area contributed by atoms with Crippen molar-refractivity contribution in [3.63, 3.8) is 0 Å². The van der Waals surface area contributed by atoms with Crippen molar-refractivity contribution in [1.82, 2.24) is 4.90 Å². The van der Waals surface area contributed by atoms with E-state index in [0.717, 1.165) is 74.6 Å². The van der Waals surface area contributed by atoms with Gasteiger partial charge in [0, 0.05) is 40.3 Å². The quantitative estimate of drug-likeness (QED) is 0.280. The Balaban J connectivity index is 1.46. The van der Waals surface area contributed by atoms with Crippen molar-refractivity contribution in [3.05, 3.63) is 53.6 Å². The van der Waals surface area contributed by atoms with Crippen LogP contribution in [0.15, 0.2) is 42.5 Å². The molecule has 1 heterocycles. The Kier molecular flexibility index (Phi) is 10.8. The fourth-order valence-electron chi connectivity index (χ4n) is 6.12. The molecule has 0 spiro atoms. The number of benzene rings is 2. The van der Waals surface area contributed by atoms with E-state index < -0.39 is 5.60 Å². The average molecular weight is 569 g/mol. The number of hydrogen-bond acceptors (Lipinski definition) is 7. The van der Waals surface area contributed by atoms with Crippen LogP contribution in [-0.2, 0) is 20.8 Å². The molecule has 1 aliphatic carbocycles. The highest BCUT2D eigenvalue weighted by molar-refractivity contribution is 5.67. The Morgan fingerprint density at radius 1 is 1.10 bits per heavy atom. The lowest BCUT2D eigenvalue weighted by Crippen LogP contribution is -2.38. The number of methoxy groups -OCH3 is 2. The van der Waals surface area contributed by atoms with E-state index in [-0.39, 0.29) is 18.1 Å². The minimum atomic E-state index is -0.537. The van der Waals surface area contributed by atoms with E-state index in [2.05, 4.69) is 35.2 Å². The van der Waals surface area contributed by atoms with Crippen LogP contribution < -0.4 is 14.4 Å². The first-order valence-corrected chi connectivity index (χ1v) is 14.8. The molecule has 226 valence electrons. The molecule has 1 amide bonds.